The number of benzene rings is 8. The van der Waals surface area contributed by atoms with Gasteiger partial charge in [-0.15, -0.1) is 0 Å². The molecule has 0 radical (unpaired) electrons. The first kappa shape index (κ1) is 48.2. The zero-order valence-corrected chi connectivity index (χ0v) is 44.1. The van der Waals surface area contributed by atoms with Gasteiger partial charge in [0, 0.05) is 87.6 Å². The summed E-state index contributed by atoms with van der Waals surface area (Å²) in [5.41, 5.74) is 12.9. The van der Waals surface area contributed by atoms with Crippen molar-refractivity contribution < 1.29 is 24.8 Å². The van der Waals surface area contributed by atoms with Crippen LogP contribution in [-0.4, -0.2) is 79.7 Å². The van der Waals surface area contributed by atoms with E-state index in [0.717, 1.165) is 87.6 Å². The highest BCUT2D eigenvalue weighted by atomic mass is 35.5. The summed E-state index contributed by atoms with van der Waals surface area (Å²) in [6, 6.07) is 64.5. The van der Waals surface area contributed by atoms with Crippen LogP contribution in [-0.2, 0) is 0 Å². The minimum absolute atomic E-state index is 0. The number of fused-ring (bicyclic) bond motifs is 40. The Kier molecular flexibility index (Phi) is 11.1. The Morgan fingerprint density at radius 2 is 0.280 bits per heavy atom. The molecule has 0 unspecified atom stereocenters. The molecule has 0 fully saturated rings. The summed E-state index contributed by atoms with van der Waals surface area (Å²) >= 11 is 0. The molecule has 8 aromatic carbocycles. The highest BCUT2D eigenvalue weighted by Gasteiger charge is 2.24. The summed E-state index contributed by atoms with van der Waals surface area (Å²) in [6.45, 7) is 0. The number of rotatable bonds is 0. The van der Waals surface area contributed by atoms with Gasteiger partial charge in [0.05, 0.1) is 0 Å². The summed E-state index contributed by atoms with van der Waals surface area (Å²) in [4.78, 5) is 73.5. The van der Waals surface area contributed by atoms with E-state index in [9.17, 15) is 0 Å². The zero-order chi connectivity index (χ0) is 52.4. The SMILES string of the molecule is [Cl-].[Cl-].c1ccc2c(c1)-c1nc-2nc2[nH]c(nc3nc(nc4[nH]c(n1)c1ccccc41)-c1ccccc1-3)c1ccccc21.c1ccc2c(c1)-c1nc-2nc2[nH]c(nc3nc(nc4[nH]c(n1)c1ccccc41)-c1ccccc1-3)c1ccccc21. The molecule has 4 N–H and O–H groups in total. The third kappa shape index (κ3) is 7.61. The molecule has 0 saturated carbocycles. The molecule has 0 amide bonds. The summed E-state index contributed by atoms with van der Waals surface area (Å²) < 4.78 is 0. The average Bonchev–Trinajstić information content (AvgIpc) is 4.59. The molecule has 0 saturated heterocycles. The van der Waals surface area contributed by atoms with Crippen LogP contribution in [0.25, 0.3) is 179 Å². The lowest BCUT2D eigenvalue weighted by Crippen LogP contribution is -3.00. The predicted octanol–water partition coefficient (Wildman–Crippen LogP) is 7.75. The van der Waals surface area contributed by atoms with Crippen molar-refractivity contribution in [2.24, 2.45) is 0 Å². The van der Waals surface area contributed by atoms with Crippen molar-refractivity contribution in [3.05, 3.63) is 194 Å². The first-order valence-electron chi connectivity index (χ1n) is 26.0. The van der Waals surface area contributed by atoms with Crippen LogP contribution in [0.2, 0.25) is 0 Å². The number of hydrogen-bond acceptors (Lipinski definition) is 12. The molecule has 6 aromatic heterocycles. The van der Waals surface area contributed by atoms with E-state index in [4.69, 9.17) is 59.8 Å². The molecule has 0 spiro atoms. The standard InChI is InChI=1S/2C32H18N8.2ClH/c2*1-2-10-18-17(9-1)25-33-26(18)38-28-21-13-5-6-14-22(21)30(35-28)40-32-24-16-8-7-15-23(24)31(36-32)39-29-20-12-4-3-11-19(20)27(34-29)37-25;;/h2*1-16H,(H2,33,34,35,36,37,38,39,40);2*1H/p-2. The molecule has 4 aliphatic heterocycles. The maximum Gasteiger partial charge on any atom is 0.164 e. The summed E-state index contributed by atoms with van der Waals surface area (Å²) in [5.74, 6) is 4.78. The fraction of sp³-hybridized carbons (Fsp3) is 0. The van der Waals surface area contributed by atoms with Gasteiger partial charge in [-0.2, -0.15) is 0 Å². The lowest BCUT2D eigenvalue weighted by atomic mass is 10.1. The van der Waals surface area contributed by atoms with Gasteiger partial charge in [0.1, 0.15) is 45.2 Å². The lowest BCUT2D eigenvalue weighted by molar-refractivity contribution is -0.001000. The van der Waals surface area contributed by atoms with Crippen LogP contribution in [0.4, 0.5) is 0 Å². The largest absolute Gasteiger partial charge is 1.00 e. The highest BCUT2D eigenvalue weighted by molar-refractivity contribution is 6.08. The van der Waals surface area contributed by atoms with Crippen LogP contribution < -0.4 is 24.8 Å². The highest BCUT2D eigenvalue weighted by Crippen LogP contribution is 2.39. The molecule has 18 heteroatoms. The van der Waals surface area contributed by atoms with Gasteiger partial charge < -0.3 is 44.7 Å². The van der Waals surface area contributed by atoms with Crippen LogP contribution in [0.5, 0.6) is 0 Å². The van der Waals surface area contributed by atoms with E-state index in [1.54, 1.807) is 0 Å². The number of halogens is 2. The van der Waals surface area contributed by atoms with E-state index >= 15 is 0 Å². The Hall–Kier alpha value is -10.9. The molecule has 388 valence electrons. The second kappa shape index (κ2) is 18.9. The maximum atomic E-state index is 5.02. The van der Waals surface area contributed by atoms with E-state index in [1.807, 2.05) is 194 Å². The Labute approximate surface area is 475 Å². The normalized spacial score (nSPS) is 11.7. The summed E-state index contributed by atoms with van der Waals surface area (Å²) in [7, 11) is 0. The van der Waals surface area contributed by atoms with Crippen molar-refractivity contribution in [1.82, 2.24) is 79.7 Å². The number of aromatic nitrogens is 16. The van der Waals surface area contributed by atoms with Gasteiger partial charge in [-0.3, -0.25) is 0 Å². The van der Waals surface area contributed by atoms with Crippen molar-refractivity contribution in [3.63, 3.8) is 0 Å². The summed E-state index contributed by atoms with van der Waals surface area (Å²) in [6.07, 6.45) is 0. The summed E-state index contributed by atoms with van der Waals surface area (Å²) in [5, 5.41) is 7.64. The Bertz CT molecular complexity index is 4400. The quantitative estimate of drug-likeness (QED) is 0.115. The predicted molar refractivity (Wildman–Crippen MR) is 312 cm³/mol. The topological polar surface area (TPSA) is 218 Å². The van der Waals surface area contributed by atoms with Crippen LogP contribution in [0.3, 0.4) is 0 Å². The number of H-pyrrole nitrogens is 4. The number of nitrogens with zero attached hydrogens (tertiary/aromatic N) is 12. The average molecular weight is 1100 g/mol. The molecule has 0 atom stereocenters. The van der Waals surface area contributed by atoms with Gasteiger partial charge in [0.2, 0.25) is 0 Å². The fourth-order valence-electron chi connectivity index (χ4n) is 11.2. The Morgan fingerprint density at radius 3 is 0.415 bits per heavy atom. The van der Waals surface area contributed by atoms with Crippen molar-refractivity contribution in [1.29, 1.82) is 0 Å². The first-order chi connectivity index (χ1) is 39.6. The van der Waals surface area contributed by atoms with Gasteiger partial charge in [0.25, 0.3) is 0 Å². The molecule has 4 aliphatic rings. The number of aromatic amines is 4. The third-order valence-electron chi connectivity index (χ3n) is 14.9. The zero-order valence-electron chi connectivity index (χ0n) is 42.6. The lowest BCUT2D eigenvalue weighted by Gasteiger charge is -1.96. The van der Waals surface area contributed by atoms with Gasteiger partial charge >= 0.3 is 0 Å². The van der Waals surface area contributed by atoms with E-state index in [2.05, 4.69) is 19.9 Å². The number of hydrogen-bond donors (Lipinski definition) is 4. The van der Waals surface area contributed by atoms with Crippen LogP contribution in [0.15, 0.2) is 194 Å². The van der Waals surface area contributed by atoms with Gasteiger partial charge in [-0.25, -0.2) is 59.8 Å². The molecule has 0 aliphatic carbocycles. The van der Waals surface area contributed by atoms with Gasteiger partial charge in [0.15, 0.2) is 46.6 Å². The molecule has 10 heterocycles. The Balaban J connectivity index is 0.000000137. The van der Waals surface area contributed by atoms with E-state index in [-0.39, 0.29) is 24.8 Å². The van der Waals surface area contributed by atoms with Crippen molar-refractivity contribution >= 4 is 88.3 Å². The van der Waals surface area contributed by atoms with Crippen molar-refractivity contribution in [3.8, 4) is 91.1 Å². The minimum Gasteiger partial charge on any atom is -1.00 e. The molecule has 14 aromatic rings. The smallest absolute Gasteiger partial charge is 0.164 e. The van der Waals surface area contributed by atoms with Crippen molar-refractivity contribution in [2.75, 3.05) is 0 Å². The molecule has 16 nitrogen and oxygen atoms in total. The van der Waals surface area contributed by atoms with E-state index < -0.39 is 0 Å². The van der Waals surface area contributed by atoms with Crippen LogP contribution >= 0.6 is 0 Å². The molecular weight excluding hydrogens is 1060 g/mol. The second-order valence-electron chi connectivity index (χ2n) is 19.6. The van der Waals surface area contributed by atoms with E-state index in [1.165, 1.54) is 0 Å². The third-order valence-corrected chi connectivity index (χ3v) is 14.9. The molecule has 82 heavy (non-hydrogen) atoms. The van der Waals surface area contributed by atoms with Gasteiger partial charge in [-0.1, -0.05) is 194 Å². The second-order valence-corrected chi connectivity index (χ2v) is 19.6. The minimum atomic E-state index is 0. The number of nitrogens with one attached hydrogen (secondary N) is 4. The molecule has 16 bridgehead atoms. The maximum absolute atomic E-state index is 5.02. The fourth-order valence-corrected chi connectivity index (χ4v) is 11.2. The molecular formula is C64H36Cl2N16-2. The molecule has 18 rings (SSSR count). The van der Waals surface area contributed by atoms with Crippen molar-refractivity contribution in [2.45, 2.75) is 0 Å². The first-order valence-corrected chi connectivity index (χ1v) is 26.0. The van der Waals surface area contributed by atoms with Gasteiger partial charge in [-0.05, 0) is 0 Å². The Morgan fingerprint density at radius 1 is 0.159 bits per heavy atom. The van der Waals surface area contributed by atoms with E-state index in [0.29, 0.717) is 91.8 Å². The monoisotopic (exact) mass is 1100 g/mol. The van der Waals surface area contributed by atoms with Crippen LogP contribution in [0.1, 0.15) is 0 Å². The van der Waals surface area contributed by atoms with Crippen LogP contribution in [0, 0.1) is 0 Å².